The van der Waals surface area contributed by atoms with Crippen LogP contribution in [-0.4, -0.2) is 62.2 Å². The van der Waals surface area contributed by atoms with Crippen LogP contribution in [0.25, 0.3) is 21.7 Å². The quantitative estimate of drug-likeness (QED) is 0.382. The Labute approximate surface area is 208 Å². The van der Waals surface area contributed by atoms with Crippen LogP contribution >= 0.6 is 0 Å². The predicted molar refractivity (Wildman–Crippen MR) is 138 cm³/mol. The Morgan fingerprint density at radius 1 is 0.917 bits per heavy atom. The molecule has 0 bridgehead atoms. The van der Waals surface area contributed by atoms with Crippen LogP contribution in [0.4, 0.5) is 0 Å². The second-order valence-electron chi connectivity index (χ2n) is 9.32. The molecule has 6 rings (SSSR count). The highest BCUT2D eigenvalue weighted by Crippen LogP contribution is 2.39. The van der Waals surface area contributed by atoms with Crippen molar-refractivity contribution in [2.45, 2.75) is 12.5 Å². The Hall–Kier alpha value is -3.68. The lowest BCUT2D eigenvalue weighted by Gasteiger charge is -2.29. The maximum absolute atomic E-state index is 13.9. The number of fused-ring (bicyclic) bond motifs is 4. The first-order chi connectivity index (χ1) is 17.7. The summed E-state index contributed by atoms with van der Waals surface area (Å²) in [6.45, 7) is 4.66. The van der Waals surface area contributed by atoms with E-state index in [0.29, 0.717) is 23.1 Å². The number of ether oxygens (including phenoxy) is 2. The first kappa shape index (κ1) is 22.8. The zero-order valence-electron chi connectivity index (χ0n) is 20.2. The van der Waals surface area contributed by atoms with Gasteiger partial charge in [0.25, 0.3) is 5.91 Å². The second-order valence-corrected chi connectivity index (χ2v) is 9.32. The van der Waals surface area contributed by atoms with Gasteiger partial charge in [-0.05, 0) is 35.6 Å². The topological polar surface area (TPSA) is 72.2 Å². The van der Waals surface area contributed by atoms with Gasteiger partial charge >= 0.3 is 0 Å². The fraction of sp³-hybridized carbons (Fsp3) is 0.310. The van der Waals surface area contributed by atoms with Gasteiger partial charge in [-0.25, -0.2) is 0 Å². The van der Waals surface area contributed by atoms with E-state index in [-0.39, 0.29) is 17.1 Å². The molecule has 0 radical (unpaired) electrons. The Bertz CT molecular complexity index is 1490. The van der Waals surface area contributed by atoms with Crippen LogP contribution in [0, 0.1) is 0 Å². The number of carbonyl (C=O) groups is 1. The number of hydrogen-bond donors (Lipinski definition) is 0. The van der Waals surface area contributed by atoms with Crippen LogP contribution in [0.15, 0.2) is 69.9 Å². The van der Waals surface area contributed by atoms with Crippen LogP contribution < -0.4 is 10.2 Å². The van der Waals surface area contributed by atoms with E-state index in [2.05, 4.69) is 4.90 Å². The number of rotatable bonds is 6. The second kappa shape index (κ2) is 9.41. The van der Waals surface area contributed by atoms with Gasteiger partial charge in [0.2, 0.25) is 5.76 Å². The molecule has 7 heteroatoms. The molecule has 4 aromatic rings. The molecule has 0 N–H and O–H groups in total. The van der Waals surface area contributed by atoms with Crippen molar-refractivity contribution in [2.75, 3.05) is 46.5 Å². The summed E-state index contributed by atoms with van der Waals surface area (Å²) in [5.74, 6) is 0.634. The Morgan fingerprint density at radius 3 is 2.47 bits per heavy atom. The number of hydrogen-bond acceptors (Lipinski definition) is 6. The molecule has 0 spiro atoms. The first-order valence-electron chi connectivity index (χ1n) is 12.4. The predicted octanol–water partition coefficient (Wildman–Crippen LogP) is 4.22. The third-order valence-corrected chi connectivity index (χ3v) is 7.27. The van der Waals surface area contributed by atoms with Crippen LogP contribution in [0.3, 0.4) is 0 Å². The average molecular weight is 485 g/mol. The van der Waals surface area contributed by atoms with E-state index in [1.807, 2.05) is 54.6 Å². The van der Waals surface area contributed by atoms with Crippen molar-refractivity contribution in [3.05, 3.63) is 87.8 Å². The van der Waals surface area contributed by atoms with Crippen LogP contribution in [-0.2, 0) is 4.74 Å². The van der Waals surface area contributed by atoms with E-state index in [1.165, 1.54) is 0 Å². The number of nitrogens with zero attached hydrogens (tertiary/aromatic N) is 2. The van der Waals surface area contributed by atoms with Crippen molar-refractivity contribution in [3.63, 3.8) is 0 Å². The highest BCUT2D eigenvalue weighted by Gasteiger charge is 2.42. The normalized spacial score (nSPS) is 18.2. The summed E-state index contributed by atoms with van der Waals surface area (Å²) in [4.78, 5) is 31.8. The van der Waals surface area contributed by atoms with E-state index in [1.54, 1.807) is 18.1 Å². The summed E-state index contributed by atoms with van der Waals surface area (Å²) in [5.41, 5.74) is 1.59. The van der Waals surface area contributed by atoms with Crippen LogP contribution in [0.5, 0.6) is 5.75 Å². The molecule has 3 aromatic carbocycles. The van der Waals surface area contributed by atoms with Gasteiger partial charge in [-0.1, -0.05) is 42.5 Å². The lowest BCUT2D eigenvalue weighted by Crippen LogP contribution is -2.38. The third kappa shape index (κ3) is 3.85. The Kier molecular flexibility index (Phi) is 5.95. The summed E-state index contributed by atoms with van der Waals surface area (Å²) in [7, 11) is 1.62. The maximum atomic E-state index is 13.9. The van der Waals surface area contributed by atoms with Gasteiger partial charge in [0.15, 0.2) is 5.43 Å². The molecule has 1 fully saturated rings. The van der Waals surface area contributed by atoms with Gasteiger partial charge in [0, 0.05) is 31.6 Å². The summed E-state index contributed by atoms with van der Waals surface area (Å²) < 4.78 is 17.1. The maximum Gasteiger partial charge on any atom is 0.290 e. The molecule has 1 saturated heterocycles. The summed E-state index contributed by atoms with van der Waals surface area (Å²) in [6, 6.07) is 18.6. The lowest BCUT2D eigenvalue weighted by molar-refractivity contribution is 0.0353. The summed E-state index contributed by atoms with van der Waals surface area (Å²) in [5, 5.41) is 2.29. The van der Waals surface area contributed by atoms with Crippen molar-refractivity contribution in [3.8, 4) is 5.75 Å². The smallest absolute Gasteiger partial charge is 0.290 e. The van der Waals surface area contributed by atoms with Crippen molar-refractivity contribution in [1.82, 2.24) is 9.80 Å². The van der Waals surface area contributed by atoms with Crippen molar-refractivity contribution in [2.24, 2.45) is 0 Å². The fourth-order valence-corrected chi connectivity index (χ4v) is 5.40. The fourth-order valence-electron chi connectivity index (χ4n) is 5.40. The lowest BCUT2D eigenvalue weighted by atomic mass is 9.97. The third-order valence-electron chi connectivity index (χ3n) is 7.27. The molecule has 0 saturated carbocycles. The molecule has 3 heterocycles. The van der Waals surface area contributed by atoms with Crippen molar-refractivity contribution in [1.29, 1.82) is 0 Å². The Balaban J connectivity index is 1.44. The highest BCUT2D eigenvalue weighted by molar-refractivity contribution is 6.06. The minimum Gasteiger partial charge on any atom is -0.497 e. The van der Waals surface area contributed by atoms with Gasteiger partial charge in [0.05, 0.1) is 37.3 Å². The standard InChI is InChI=1S/C29H28N2O5/c1-34-21-10-7-20(8-11-21)25-24-26(32)23-12-9-19-5-2-3-6-22(19)27(23)36-28(24)29(33)31(25)14-4-13-30-15-17-35-18-16-30/h2-3,5-12,25H,4,13-18H2,1H3. The molecule has 2 aliphatic rings. The van der Waals surface area contributed by atoms with E-state index in [0.717, 1.165) is 61.4 Å². The number of methoxy groups -OCH3 is 1. The molecule has 2 aliphatic heterocycles. The first-order valence-corrected chi connectivity index (χ1v) is 12.4. The number of amides is 1. The minimum atomic E-state index is -0.504. The van der Waals surface area contributed by atoms with E-state index in [9.17, 15) is 9.59 Å². The zero-order valence-corrected chi connectivity index (χ0v) is 20.2. The highest BCUT2D eigenvalue weighted by atomic mass is 16.5. The average Bonchev–Trinajstić information content (AvgIpc) is 3.21. The van der Waals surface area contributed by atoms with Gasteiger partial charge in [0.1, 0.15) is 11.3 Å². The Morgan fingerprint density at radius 2 is 1.69 bits per heavy atom. The minimum absolute atomic E-state index is 0.149. The van der Waals surface area contributed by atoms with E-state index < -0.39 is 6.04 Å². The van der Waals surface area contributed by atoms with Crippen LogP contribution in [0.2, 0.25) is 0 Å². The molecule has 1 aromatic heterocycles. The molecule has 36 heavy (non-hydrogen) atoms. The molecule has 7 nitrogen and oxygen atoms in total. The number of benzene rings is 3. The molecular formula is C29H28N2O5. The van der Waals surface area contributed by atoms with Crippen molar-refractivity contribution >= 4 is 27.6 Å². The van der Waals surface area contributed by atoms with E-state index in [4.69, 9.17) is 13.9 Å². The van der Waals surface area contributed by atoms with Crippen LogP contribution in [0.1, 0.15) is 34.1 Å². The van der Waals surface area contributed by atoms with Gasteiger partial charge < -0.3 is 18.8 Å². The largest absolute Gasteiger partial charge is 0.497 e. The molecule has 1 unspecified atom stereocenters. The summed E-state index contributed by atoms with van der Waals surface area (Å²) >= 11 is 0. The number of morpholine rings is 1. The molecule has 1 atom stereocenters. The number of carbonyl (C=O) groups excluding carboxylic acids is 1. The molecule has 1 amide bonds. The van der Waals surface area contributed by atoms with Gasteiger partial charge in [-0.2, -0.15) is 0 Å². The SMILES string of the molecule is COc1ccc(C2c3c(oc4c(ccc5ccccc54)c3=O)C(=O)N2CCCN2CCOCC2)cc1. The monoisotopic (exact) mass is 484 g/mol. The van der Waals surface area contributed by atoms with Crippen molar-refractivity contribution < 1.29 is 18.7 Å². The van der Waals surface area contributed by atoms with Gasteiger partial charge in [-0.15, -0.1) is 0 Å². The molecule has 184 valence electrons. The molecular weight excluding hydrogens is 456 g/mol. The van der Waals surface area contributed by atoms with Gasteiger partial charge in [-0.3, -0.25) is 14.5 Å². The van der Waals surface area contributed by atoms with E-state index >= 15 is 0 Å². The zero-order chi connectivity index (χ0) is 24.6. The summed E-state index contributed by atoms with van der Waals surface area (Å²) in [6.07, 6.45) is 0.795. The molecule has 0 aliphatic carbocycles.